The van der Waals surface area contributed by atoms with Gasteiger partial charge in [0, 0.05) is 33.1 Å². The van der Waals surface area contributed by atoms with E-state index in [1.165, 1.54) is 148 Å². The lowest BCUT2D eigenvalue weighted by atomic mass is 9.80. The van der Waals surface area contributed by atoms with Crippen LogP contribution in [0.5, 0.6) is 0 Å². The molecule has 116 heavy (non-hydrogen) atoms. The number of para-hydroxylation sites is 2. The maximum Gasteiger partial charge on any atom is 0.0985 e. The largest absolute Gasteiger partial charge is 0.244 e. The number of rotatable bonds is 9. The first-order valence-electron chi connectivity index (χ1n) is 40.2. The molecule has 0 fully saturated rings. The minimum atomic E-state index is -0.118. The first-order chi connectivity index (χ1) is 57.1. The SMILES string of the molecule is CC1(C)c2ccccc2-c2ccc(-c3c4ccccc4c(-c4ccc5nc(-c6ccccc6)c(-c6ccccc6)nc5c4)c4ccc(-c5cccc6ccccc56)cc34)cc21.CC1(C)c2ccccc2-c2ccc(-c3c4ccccc4c(-c4nc5ccccc5nc4-c4ccccc4)c4ccc(-c5cccc6ccccc56)cc34)cc21. The molecule has 4 heteroatoms. The first kappa shape index (κ1) is 68.2. The average Bonchev–Trinajstić information content (AvgIpc) is 1.36. The highest BCUT2D eigenvalue weighted by Crippen LogP contribution is 2.55. The van der Waals surface area contributed by atoms with Crippen molar-refractivity contribution in [1.82, 2.24) is 19.9 Å². The van der Waals surface area contributed by atoms with Crippen LogP contribution in [0.4, 0.5) is 0 Å². The standard InChI is InChI=1S/C59H40N2.C53H36N2/c1-59(2)51-27-14-13-23-45(51)46-31-29-41(35-52(46)59)56-48-25-12-11-24-47(48)55(49-32-28-40(34-50(49)56)44-26-15-21-37-16-9-10-22-43(37)44)42-30-33-53-54(36-42)61-58(39-19-7-4-8-20-39)57(60-53)38-17-5-3-6-18-38;1-53(2)45-24-11-10-20-39(45)40-29-28-36(32-46(40)53)49-41-21-8-9-22-42(41)50(52-51(34-16-4-3-5-17-34)54-47-25-12-13-26-48(47)55-52)43-30-27-35(31-44(43)49)38-23-14-18-33-15-6-7-19-37(33)38/h3-36H,1-2H3;3-32H,1-2H3. The van der Waals surface area contributed by atoms with Crippen LogP contribution >= 0.6 is 0 Å². The lowest BCUT2D eigenvalue weighted by Crippen LogP contribution is -2.14. The summed E-state index contributed by atoms with van der Waals surface area (Å²) in [6.07, 6.45) is 0. The Morgan fingerprint density at radius 3 is 0.940 bits per heavy atom. The quantitative estimate of drug-likeness (QED) is 0.135. The molecule has 0 bridgehead atoms. The number of hydrogen-bond acceptors (Lipinski definition) is 4. The van der Waals surface area contributed by atoms with E-state index < -0.39 is 0 Å². The Balaban J connectivity index is 0.000000141. The van der Waals surface area contributed by atoms with Crippen molar-refractivity contribution < 1.29 is 0 Å². The second-order valence-corrected chi connectivity index (χ2v) is 32.2. The van der Waals surface area contributed by atoms with Crippen LogP contribution < -0.4 is 0 Å². The van der Waals surface area contributed by atoms with E-state index in [9.17, 15) is 0 Å². The third-order valence-electron chi connectivity index (χ3n) is 24.9. The van der Waals surface area contributed by atoms with Gasteiger partial charge in [0.2, 0.25) is 0 Å². The van der Waals surface area contributed by atoms with Crippen molar-refractivity contribution in [2.45, 2.75) is 38.5 Å². The monoisotopic (exact) mass is 1480 g/mol. The fourth-order valence-electron chi connectivity index (χ4n) is 19.3. The van der Waals surface area contributed by atoms with Crippen molar-refractivity contribution >= 4 is 86.7 Å². The van der Waals surface area contributed by atoms with Crippen molar-refractivity contribution in [3.05, 3.63) is 411 Å². The van der Waals surface area contributed by atoms with Gasteiger partial charge >= 0.3 is 0 Å². The first-order valence-corrected chi connectivity index (χ1v) is 40.2. The molecule has 21 aromatic rings. The molecule has 0 saturated heterocycles. The summed E-state index contributed by atoms with van der Waals surface area (Å²) in [7, 11) is 0. The Bertz CT molecular complexity index is 7620. The Morgan fingerprint density at radius 1 is 0.164 bits per heavy atom. The summed E-state index contributed by atoms with van der Waals surface area (Å²) < 4.78 is 0. The molecule has 2 aromatic heterocycles. The van der Waals surface area contributed by atoms with Crippen molar-refractivity contribution in [1.29, 1.82) is 0 Å². The van der Waals surface area contributed by atoms with E-state index in [0.29, 0.717) is 0 Å². The normalized spacial score (nSPS) is 13.0. The van der Waals surface area contributed by atoms with Crippen molar-refractivity contribution in [2.75, 3.05) is 0 Å². The summed E-state index contributed by atoms with van der Waals surface area (Å²) >= 11 is 0. The van der Waals surface area contributed by atoms with Crippen LogP contribution in [0, 0.1) is 0 Å². The number of aromatic nitrogens is 4. The molecule has 2 aliphatic carbocycles. The molecular weight excluding hydrogens is 1400 g/mol. The molecule has 0 saturated carbocycles. The molecule has 4 nitrogen and oxygen atoms in total. The maximum atomic E-state index is 5.47. The molecule has 0 N–H and O–H groups in total. The molecule has 23 rings (SSSR count). The highest BCUT2D eigenvalue weighted by atomic mass is 14.8. The zero-order chi connectivity index (χ0) is 77.3. The van der Waals surface area contributed by atoms with Gasteiger partial charge in [-0.15, -0.1) is 0 Å². The molecule has 0 spiro atoms. The molecule has 0 unspecified atom stereocenters. The lowest BCUT2D eigenvalue weighted by molar-refractivity contribution is 0.660. The minimum Gasteiger partial charge on any atom is -0.244 e. The van der Waals surface area contributed by atoms with Crippen LogP contribution in [0.25, 0.3) is 210 Å². The molecule has 544 valence electrons. The fraction of sp³-hybridized carbons (Fsp3) is 0.0536. The summed E-state index contributed by atoms with van der Waals surface area (Å²) in [5.41, 5.74) is 34.0. The van der Waals surface area contributed by atoms with Crippen molar-refractivity contribution in [2.24, 2.45) is 0 Å². The van der Waals surface area contributed by atoms with Crippen LogP contribution in [0.1, 0.15) is 49.9 Å². The summed E-state index contributed by atoms with van der Waals surface area (Å²) in [6.45, 7) is 9.47. The van der Waals surface area contributed by atoms with E-state index in [2.05, 4.69) is 392 Å². The van der Waals surface area contributed by atoms with Crippen LogP contribution in [-0.2, 0) is 10.8 Å². The van der Waals surface area contributed by atoms with E-state index in [1.807, 2.05) is 24.3 Å². The molecule has 0 amide bonds. The topological polar surface area (TPSA) is 51.6 Å². The number of nitrogens with zero attached hydrogens (tertiary/aromatic N) is 4. The minimum absolute atomic E-state index is 0.118. The van der Waals surface area contributed by atoms with E-state index in [-0.39, 0.29) is 10.8 Å². The van der Waals surface area contributed by atoms with Gasteiger partial charge in [0.05, 0.1) is 44.8 Å². The third kappa shape index (κ3) is 11.0. The molecule has 2 aliphatic rings. The van der Waals surface area contributed by atoms with Crippen LogP contribution in [0.2, 0.25) is 0 Å². The molecule has 19 aromatic carbocycles. The second-order valence-electron chi connectivity index (χ2n) is 32.2. The fourth-order valence-corrected chi connectivity index (χ4v) is 19.3. The summed E-state index contributed by atoms with van der Waals surface area (Å²) in [5.74, 6) is 0. The van der Waals surface area contributed by atoms with E-state index >= 15 is 0 Å². The van der Waals surface area contributed by atoms with Gasteiger partial charge in [-0.05, 0) is 213 Å². The van der Waals surface area contributed by atoms with E-state index in [4.69, 9.17) is 19.9 Å². The van der Waals surface area contributed by atoms with E-state index in [1.54, 1.807) is 0 Å². The average molecular weight is 1480 g/mol. The van der Waals surface area contributed by atoms with Crippen LogP contribution in [-0.4, -0.2) is 19.9 Å². The zero-order valence-corrected chi connectivity index (χ0v) is 64.7. The summed E-state index contributed by atoms with van der Waals surface area (Å²) in [4.78, 5) is 21.5. The van der Waals surface area contributed by atoms with Gasteiger partial charge in [0.15, 0.2) is 0 Å². The maximum absolute atomic E-state index is 5.47. The Labute approximate surface area is 674 Å². The van der Waals surface area contributed by atoms with Crippen molar-refractivity contribution in [3.8, 4) is 123 Å². The Hall–Kier alpha value is -14.6. The van der Waals surface area contributed by atoms with Gasteiger partial charge in [0.1, 0.15) is 0 Å². The predicted octanol–water partition coefficient (Wildman–Crippen LogP) is 29.8. The van der Waals surface area contributed by atoms with Gasteiger partial charge in [-0.25, -0.2) is 19.9 Å². The number of fused-ring (bicyclic) bond motifs is 14. The smallest absolute Gasteiger partial charge is 0.0985 e. The summed E-state index contributed by atoms with van der Waals surface area (Å²) in [6, 6.07) is 141. The van der Waals surface area contributed by atoms with Gasteiger partial charge in [-0.1, -0.05) is 367 Å². The zero-order valence-electron chi connectivity index (χ0n) is 64.7. The molecule has 0 radical (unpaired) electrons. The second kappa shape index (κ2) is 27.1. The van der Waals surface area contributed by atoms with Gasteiger partial charge in [0.25, 0.3) is 0 Å². The highest BCUT2D eigenvalue weighted by molar-refractivity contribution is 6.25. The Morgan fingerprint density at radius 2 is 0.466 bits per heavy atom. The van der Waals surface area contributed by atoms with Gasteiger partial charge in [-0.2, -0.15) is 0 Å². The Kier molecular flexibility index (Phi) is 15.9. The summed E-state index contributed by atoms with van der Waals surface area (Å²) in [5, 5.41) is 14.5. The van der Waals surface area contributed by atoms with Gasteiger partial charge in [-0.3, -0.25) is 0 Å². The van der Waals surface area contributed by atoms with Gasteiger partial charge < -0.3 is 0 Å². The molecule has 2 heterocycles. The molecule has 0 atom stereocenters. The number of benzene rings is 19. The van der Waals surface area contributed by atoms with Crippen LogP contribution in [0.3, 0.4) is 0 Å². The predicted molar refractivity (Wildman–Crippen MR) is 488 cm³/mol. The van der Waals surface area contributed by atoms with E-state index in [0.717, 1.165) is 83.4 Å². The third-order valence-corrected chi connectivity index (χ3v) is 24.9. The molecular formula is C112H76N4. The molecule has 0 aliphatic heterocycles. The number of hydrogen-bond donors (Lipinski definition) is 0. The highest BCUT2D eigenvalue weighted by Gasteiger charge is 2.38. The lowest BCUT2D eigenvalue weighted by Gasteiger charge is -2.23. The van der Waals surface area contributed by atoms with Crippen molar-refractivity contribution in [3.63, 3.8) is 0 Å². The van der Waals surface area contributed by atoms with Crippen LogP contribution in [0.15, 0.2) is 388 Å².